The fraction of sp³-hybridized carbons (Fsp3) is 0.615. The van der Waals surface area contributed by atoms with E-state index in [4.69, 9.17) is 9.47 Å². The Morgan fingerprint density at radius 3 is 2.06 bits per heavy atom. The SMILES string of the molecule is CCOC(=O)CCNC(=O)C(c1cc(C)cc(C)c1)N(C(=O)C(C)NC(=O)OC(C)(C)C)C(C)C. The van der Waals surface area contributed by atoms with E-state index in [2.05, 4.69) is 10.6 Å². The summed E-state index contributed by atoms with van der Waals surface area (Å²) in [5, 5.41) is 5.33. The fourth-order valence-electron chi connectivity index (χ4n) is 3.67. The molecular formula is C26H41N3O6. The van der Waals surface area contributed by atoms with Gasteiger partial charge in [0.1, 0.15) is 17.7 Å². The molecule has 1 aromatic carbocycles. The first kappa shape index (κ1) is 29.9. The lowest BCUT2D eigenvalue weighted by Crippen LogP contribution is -2.54. The molecule has 0 radical (unpaired) electrons. The Labute approximate surface area is 208 Å². The Morgan fingerprint density at radius 1 is 1.00 bits per heavy atom. The summed E-state index contributed by atoms with van der Waals surface area (Å²) >= 11 is 0. The molecule has 2 N–H and O–H groups in total. The third-order valence-electron chi connectivity index (χ3n) is 4.93. The summed E-state index contributed by atoms with van der Waals surface area (Å²) in [6.45, 7) is 16.2. The summed E-state index contributed by atoms with van der Waals surface area (Å²) in [6.07, 6.45) is -0.699. The highest BCUT2D eigenvalue weighted by atomic mass is 16.6. The van der Waals surface area contributed by atoms with Crippen molar-refractivity contribution in [3.8, 4) is 0 Å². The largest absolute Gasteiger partial charge is 0.466 e. The van der Waals surface area contributed by atoms with Crippen LogP contribution in [0, 0.1) is 13.8 Å². The maximum atomic E-state index is 13.5. The molecule has 0 aliphatic rings. The maximum absolute atomic E-state index is 13.5. The minimum atomic E-state index is -0.966. The minimum absolute atomic E-state index is 0.0192. The average molecular weight is 492 g/mol. The highest BCUT2D eigenvalue weighted by Gasteiger charge is 2.36. The Hall–Kier alpha value is -3.10. The Bertz CT molecular complexity index is 887. The van der Waals surface area contributed by atoms with Gasteiger partial charge >= 0.3 is 12.1 Å². The quantitative estimate of drug-likeness (QED) is 0.484. The first-order valence-corrected chi connectivity index (χ1v) is 12.0. The third kappa shape index (κ3) is 9.96. The van der Waals surface area contributed by atoms with Gasteiger partial charge in [-0.05, 0) is 67.9 Å². The van der Waals surface area contributed by atoms with Crippen molar-refractivity contribution in [2.45, 2.75) is 92.5 Å². The number of esters is 1. The standard InChI is InChI=1S/C26H41N3O6/c1-10-34-21(30)11-12-27-23(31)22(20-14-17(4)13-18(5)15-20)29(16(2)3)24(32)19(6)28-25(33)35-26(7,8)9/h13-16,19,22H,10-12H2,1-9H3,(H,27,31)(H,28,33). The van der Waals surface area contributed by atoms with Crippen molar-refractivity contribution in [3.63, 3.8) is 0 Å². The van der Waals surface area contributed by atoms with Gasteiger partial charge in [0.25, 0.3) is 0 Å². The molecule has 0 aliphatic heterocycles. The molecule has 2 atom stereocenters. The maximum Gasteiger partial charge on any atom is 0.408 e. The first-order valence-electron chi connectivity index (χ1n) is 12.0. The van der Waals surface area contributed by atoms with E-state index in [9.17, 15) is 19.2 Å². The fourth-order valence-corrected chi connectivity index (χ4v) is 3.67. The zero-order chi connectivity index (χ0) is 26.9. The second kappa shape index (κ2) is 13.1. The predicted octanol–water partition coefficient (Wildman–Crippen LogP) is 3.56. The summed E-state index contributed by atoms with van der Waals surface area (Å²) in [5.41, 5.74) is 1.81. The monoisotopic (exact) mass is 491 g/mol. The molecule has 3 amide bonds. The Morgan fingerprint density at radius 2 is 1.57 bits per heavy atom. The van der Waals surface area contributed by atoms with Crippen LogP contribution in [0.5, 0.6) is 0 Å². The number of benzene rings is 1. The van der Waals surface area contributed by atoms with Crippen LogP contribution in [0.3, 0.4) is 0 Å². The number of hydrogen-bond donors (Lipinski definition) is 2. The second-order valence-corrected chi connectivity index (χ2v) is 9.88. The number of aryl methyl sites for hydroxylation is 2. The van der Waals surface area contributed by atoms with Crippen molar-refractivity contribution >= 4 is 23.9 Å². The van der Waals surface area contributed by atoms with Crippen LogP contribution in [0.2, 0.25) is 0 Å². The summed E-state index contributed by atoms with van der Waals surface area (Å²) in [7, 11) is 0. The van der Waals surface area contributed by atoms with Crippen molar-refractivity contribution < 1.29 is 28.7 Å². The molecule has 0 spiro atoms. The molecule has 0 aliphatic carbocycles. The number of rotatable bonds is 10. The molecule has 1 rings (SSSR count). The first-order chi connectivity index (χ1) is 16.2. The van der Waals surface area contributed by atoms with Crippen molar-refractivity contribution in [2.75, 3.05) is 13.2 Å². The van der Waals surface area contributed by atoms with Gasteiger partial charge in [-0.25, -0.2) is 4.79 Å². The van der Waals surface area contributed by atoms with E-state index in [1.54, 1.807) is 48.5 Å². The molecule has 9 heteroatoms. The molecule has 9 nitrogen and oxygen atoms in total. The number of carbonyl (C=O) groups excluding carboxylic acids is 4. The van der Waals surface area contributed by atoms with Crippen LogP contribution in [0.1, 0.15) is 77.6 Å². The van der Waals surface area contributed by atoms with E-state index in [1.807, 2.05) is 32.0 Å². The topological polar surface area (TPSA) is 114 Å². The van der Waals surface area contributed by atoms with Gasteiger partial charge in [-0.3, -0.25) is 14.4 Å². The van der Waals surface area contributed by atoms with Crippen LogP contribution in [-0.4, -0.2) is 59.6 Å². The van der Waals surface area contributed by atoms with Crippen molar-refractivity contribution in [1.29, 1.82) is 0 Å². The van der Waals surface area contributed by atoms with Gasteiger partial charge < -0.3 is 25.0 Å². The summed E-state index contributed by atoms with van der Waals surface area (Å²) in [4.78, 5) is 52.4. The summed E-state index contributed by atoms with van der Waals surface area (Å²) < 4.78 is 10.2. The third-order valence-corrected chi connectivity index (χ3v) is 4.93. The van der Waals surface area contributed by atoms with Crippen LogP contribution in [0.25, 0.3) is 0 Å². The lowest BCUT2D eigenvalue weighted by atomic mass is 9.97. The van der Waals surface area contributed by atoms with Crippen LogP contribution >= 0.6 is 0 Å². The van der Waals surface area contributed by atoms with E-state index in [-0.39, 0.29) is 25.6 Å². The van der Waals surface area contributed by atoms with E-state index in [0.717, 1.165) is 11.1 Å². The zero-order valence-electron chi connectivity index (χ0n) is 22.5. The molecule has 35 heavy (non-hydrogen) atoms. The number of alkyl carbamates (subject to hydrolysis) is 1. The molecule has 2 unspecified atom stereocenters. The number of hydrogen-bond acceptors (Lipinski definition) is 6. The minimum Gasteiger partial charge on any atom is -0.466 e. The summed E-state index contributed by atoms with van der Waals surface area (Å²) in [5.74, 6) is -1.27. The lowest BCUT2D eigenvalue weighted by Gasteiger charge is -2.36. The van der Waals surface area contributed by atoms with Crippen molar-refractivity contribution in [2.24, 2.45) is 0 Å². The molecule has 196 valence electrons. The Kier molecular flexibility index (Phi) is 11.2. The smallest absolute Gasteiger partial charge is 0.408 e. The van der Waals surface area contributed by atoms with E-state index in [0.29, 0.717) is 5.56 Å². The predicted molar refractivity (Wildman–Crippen MR) is 134 cm³/mol. The number of nitrogens with one attached hydrogen (secondary N) is 2. The van der Waals surface area contributed by atoms with Crippen LogP contribution in [0.15, 0.2) is 18.2 Å². The number of amides is 3. The molecule has 0 saturated carbocycles. The highest BCUT2D eigenvalue weighted by Crippen LogP contribution is 2.27. The van der Waals surface area contributed by atoms with Crippen molar-refractivity contribution in [1.82, 2.24) is 15.5 Å². The van der Waals surface area contributed by atoms with Gasteiger partial charge in [0.05, 0.1) is 13.0 Å². The summed E-state index contributed by atoms with van der Waals surface area (Å²) in [6, 6.07) is 3.42. The molecule has 1 aromatic rings. The molecule has 0 bridgehead atoms. The second-order valence-electron chi connectivity index (χ2n) is 9.88. The highest BCUT2D eigenvalue weighted by molar-refractivity contribution is 5.92. The normalized spacial score (nSPS) is 13.0. The molecule has 0 saturated heterocycles. The van der Waals surface area contributed by atoms with Gasteiger partial charge in [-0.15, -0.1) is 0 Å². The van der Waals surface area contributed by atoms with E-state index < -0.39 is 41.6 Å². The molecule has 0 fully saturated rings. The lowest BCUT2D eigenvalue weighted by molar-refractivity contribution is -0.145. The van der Waals surface area contributed by atoms with Gasteiger partial charge in [0.15, 0.2) is 0 Å². The number of carbonyl (C=O) groups is 4. The van der Waals surface area contributed by atoms with Gasteiger partial charge in [0, 0.05) is 12.6 Å². The average Bonchev–Trinajstić information content (AvgIpc) is 2.68. The van der Waals surface area contributed by atoms with Gasteiger partial charge in [0.2, 0.25) is 11.8 Å². The Balaban J connectivity index is 3.27. The molecule has 0 heterocycles. The van der Waals surface area contributed by atoms with Crippen molar-refractivity contribution in [3.05, 3.63) is 34.9 Å². The van der Waals surface area contributed by atoms with Crippen LogP contribution < -0.4 is 10.6 Å². The van der Waals surface area contributed by atoms with E-state index >= 15 is 0 Å². The van der Waals surface area contributed by atoms with E-state index in [1.165, 1.54) is 4.90 Å². The number of nitrogens with zero attached hydrogens (tertiary/aromatic N) is 1. The molecular weight excluding hydrogens is 450 g/mol. The molecule has 0 aromatic heterocycles. The zero-order valence-corrected chi connectivity index (χ0v) is 22.5. The van der Waals surface area contributed by atoms with Crippen LogP contribution in [-0.2, 0) is 23.9 Å². The number of ether oxygens (including phenoxy) is 2. The van der Waals surface area contributed by atoms with Crippen LogP contribution in [0.4, 0.5) is 4.79 Å². The van der Waals surface area contributed by atoms with Gasteiger partial charge in [-0.2, -0.15) is 0 Å². The van der Waals surface area contributed by atoms with Gasteiger partial charge in [-0.1, -0.05) is 29.3 Å².